The van der Waals surface area contributed by atoms with Crippen LogP contribution in [0, 0.1) is 5.92 Å². The lowest BCUT2D eigenvalue weighted by Gasteiger charge is -2.19. The lowest BCUT2D eigenvalue weighted by molar-refractivity contribution is -0.122. The molecule has 2 rings (SSSR count). The molecule has 1 fully saturated rings. The second-order valence-corrected chi connectivity index (χ2v) is 7.22. The summed E-state index contributed by atoms with van der Waals surface area (Å²) >= 11 is 0. The summed E-state index contributed by atoms with van der Waals surface area (Å²) in [5, 5.41) is 7.10. The Hall–Kier alpha value is -1.14. The number of rotatable bonds is 6. The largest absolute Gasteiger partial charge is 0.353 e. The van der Waals surface area contributed by atoms with Crippen molar-refractivity contribution in [2.24, 2.45) is 11.7 Å². The predicted molar refractivity (Wildman–Crippen MR) is 91.5 cm³/mol. The van der Waals surface area contributed by atoms with Gasteiger partial charge in [0.25, 0.3) is 0 Å². The highest BCUT2D eigenvalue weighted by Gasteiger charge is 2.27. The van der Waals surface area contributed by atoms with E-state index in [1.165, 1.54) is 0 Å². The Kier molecular flexibility index (Phi) is 7.48. The summed E-state index contributed by atoms with van der Waals surface area (Å²) in [7, 11) is 0. The summed E-state index contributed by atoms with van der Waals surface area (Å²) < 4.78 is 5.23. The third-order valence-electron chi connectivity index (χ3n) is 4.24. The lowest BCUT2D eigenvalue weighted by Crippen LogP contribution is -2.39. The molecule has 6 nitrogen and oxygen atoms in total. The lowest BCUT2D eigenvalue weighted by atomic mass is 9.96. The topological polar surface area (TPSA) is 94.0 Å². The summed E-state index contributed by atoms with van der Waals surface area (Å²) in [5.41, 5.74) is 5.62. The van der Waals surface area contributed by atoms with E-state index in [9.17, 15) is 4.79 Å². The molecule has 2 unspecified atom stereocenters. The van der Waals surface area contributed by atoms with Gasteiger partial charge in [-0.1, -0.05) is 32.3 Å². The van der Waals surface area contributed by atoms with Crippen LogP contribution in [0.3, 0.4) is 0 Å². The van der Waals surface area contributed by atoms with Gasteiger partial charge in [0.1, 0.15) is 0 Å². The second-order valence-electron chi connectivity index (χ2n) is 7.22. The van der Waals surface area contributed by atoms with Gasteiger partial charge in [-0.3, -0.25) is 4.79 Å². The molecule has 1 aromatic rings. The first-order valence-corrected chi connectivity index (χ1v) is 8.22. The van der Waals surface area contributed by atoms with Gasteiger partial charge in [-0.15, -0.1) is 12.4 Å². The van der Waals surface area contributed by atoms with Crippen LogP contribution in [-0.4, -0.2) is 28.6 Å². The average Bonchev–Trinajstić information content (AvgIpc) is 3.07. The monoisotopic (exact) mass is 344 g/mol. The first kappa shape index (κ1) is 19.9. The number of halogens is 1. The number of nitrogens with two attached hydrogens (primary N) is 1. The van der Waals surface area contributed by atoms with Gasteiger partial charge in [0.15, 0.2) is 5.82 Å². The fourth-order valence-corrected chi connectivity index (χ4v) is 2.85. The normalized spacial score (nSPS) is 21.0. The van der Waals surface area contributed by atoms with Gasteiger partial charge in [-0.05, 0) is 31.7 Å². The summed E-state index contributed by atoms with van der Waals surface area (Å²) in [6.07, 6.45) is 5.18. The quantitative estimate of drug-likeness (QED) is 0.826. The van der Waals surface area contributed by atoms with E-state index in [1.54, 1.807) is 0 Å². The van der Waals surface area contributed by atoms with Crippen LogP contribution in [0.15, 0.2) is 4.52 Å². The predicted octanol–water partition coefficient (Wildman–Crippen LogP) is 2.36. The standard InChI is InChI=1S/C16H28N4O2.ClH/c1-16(2,3)15-19-14(22-20-15)9-5-8-13(21)18-12-7-4-6-11(12)10-17;/h11-12H,4-10,17H2,1-3H3,(H,18,21);1H. The van der Waals surface area contributed by atoms with E-state index in [4.69, 9.17) is 10.3 Å². The summed E-state index contributed by atoms with van der Waals surface area (Å²) in [6, 6.07) is 0.258. The molecule has 1 saturated carbocycles. The fraction of sp³-hybridized carbons (Fsp3) is 0.812. The minimum absolute atomic E-state index is 0. The third-order valence-corrected chi connectivity index (χ3v) is 4.24. The zero-order chi connectivity index (χ0) is 16.2. The smallest absolute Gasteiger partial charge is 0.226 e. The SMILES string of the molecule is CC(C)(C)c1noc(CCCC(=O)NC2CCCC2CN)n1.Cl. The minimum Gasteiger partial charge on any atom is -0.353 e. The van der Waals surface area contributed by atoms with Crippen molar-refractivity contribution in [2.75, 3.05) is 6.54 Å². The Morgan fingerprint density at radius 3 is 2.74 bits per heavy atom. The first-order valence-electron chi connectivity index (χ1n) is 8.22. The van der Waals surface area contributed by atoms with Crippen LogP contribution < -0.4 is 11.1 Å². The van der Waals surface area contributed by atoms with Gasteiger partial charge in [-0.2, -0.15) is 4.98 Å². The van der Waals surface area contributed by atoms with Gasteiger partial charge in [-0.25, -0.2) is 0 Å². The molecule has 2 atom stereocenters. The molecular weight excluding hydrogens is 316 g/mol. The molecule has 0 aliphatic heterocycles. The molecule has 0 saturated heterocycles. The molecule has 1 heterocycles. The maximum absolute atomic E-state index is 12.0. The van der Waals surface area contributed by atoms with E-state index >= 15 is 0 Å². The molecule has 1 aliphatic rings. The van der Waals surface area contributed by atoms with Crippen LogP contribution in [0.2, 0.25) is 0 Å². The molecule has 7 heteroatoms. The number of aromatic nitrogens is 2. The molecule has 132 valence electrons. The maximum Gasteiger partial charge on any atom is 0.226 e. The maximum atomic E-state index is 12.0. The molecule has 0 radical (unpaired) electrons. The van der Waals surface area contributed by atoms with Crippen LogP contribution in [0.5, 0.6) is 0 Å². The highest BCUT2D eigenvalue weighted by Crippen LogP contribution is 2.24. The minimum atomic E-state index is -0.112. The number of aryl methyl sites for hydroxylation is 1. The zero-order valence-electron chi connectivity index (χ0n) is 14.3. The van der Waals surface area contributed by atoms with E-state index in [2.05, 4.69) is 15.5 Å². The number of carbonyl (C=O) groups excluding carboxylic acids is 1. The molecule has 0 aromatic carbocycles. The van der Waals surface area contributed by atoms with Gasteiger partial charge in [0.05, 0.1) is 0 Å². The number of hydrogen-bond acceptors (Lipinski definition) is 5. The number of carbonyl (C=O) groups is 1. The Labute approximate surface area is 144 Å². The van der Waals surface area contributed by atoms with Crippen molar-refractivity contribution in [3.05, 3.63) is 11.7 Å². The van der Waals surface area contributed by atoms with Gasteiger partial charge < -0.3 is 15.6 Å². The number of nitrogens with zero attached hydrogens (tertiary/aromatic N) is 2. The van der Waals surface area contributed by atoms with Gasteiger partial charge in [0.2, 0.25) is 11.8 Å². The third kappa shape index (κ3) is 5.77. The number of amides is 1. The van der Waals surface area contributed by atoms with Crippen molar-refractivity contribution in [3.63, 3.8) is 0 Å². The van der Waals surface area contributed by atoms with Crippen LogP contribution in [0.25, 0.3) is 0 Å². The molecule has 1 aliphatic carbocycles. The second kappa shape index (κ2) is 8.64. The Balaban J connectivity index is 0.00000264. The zero-order valence-corrected chi connectivity index (χ0v) is 15.1. The highest BCUT2D eigenvalue weighted by atomic mass is 35.5. The molecule has 1 aromatic heterocycles. The summed E-state index contributed by atoms with van der Waals surface area (Å²) in [4.78, 5) is 16.4. The molecule has 0 spiro atoms. The Morgan fingerprint density at radius 2 is 2.13 bits per heavy atom. The van der Waals surface area contributed by atoms with E-state index in [0.717, 1.165) is 25.7 Å². The Morgan fingerprint density at radius 1 is 1.39 bits per heavy atom. The molecule has 3 N–H and O–H groups in total. The molecule has 23 heavy (non-hydrogen) atoms. The number of hydrogen-bond donors (Lipinski definition) is 2. The summed E-state index contributed by atoms with van der Waals surface area (Å²) in [5.74, 6) is 1.86. The first-order chi connectivity index (χ1) is 10.4. The van der Waals surface area contributed by atoms with Crippen molar-refractivity contribution in [2.45, 2.75) is 70.8 Å². The molecular formula is C16H29ClN4O2. The van der Waals surface area contributed by atoms with Crippen molar-refractivity contribution in [3.8, 4) is 0 Å². The van der Waals surface area contributed by atoms with Crippen molar-refractivity contribution in [1.82, 2.24) is 15.5 Å². The van der Waals surface area contributed by atoms with E-state index in [1.807, 2.05) is 20.8 Å². The van der Waals surface area contributed by atoms with Crippen molar-refractivity contribution >= 4 is 18.3 Å². The van der Waals surface area contributed by atoms with Gasteiger partial charge >= 0.3 is 0 Å². The van der Waals surface area contributed by atoms with Crippen molar-refractivity contribution in [1.29, 1.82) is 0 Å². The average molecular weight is 345 g/mol. The van der Waals surface area contributed by atoms with E-state index in [-0.39, 0.29) is 29.8 Å². The molecule has 0 bridgehead atoms. The summed E-state index contributed by atoms with van der Waals surface area (Å²) in [6.45, 7) is 6.79. The fourth-order valence-electron chi connectivity index (χ4n) is 2.85. The van der Waals surface area contributed by atoms with Crippen molar-refractivity contribution < 1.29 is 9.32 Å². The van der Waals surface area contributed by atoms with Crippen LogP contribution in [0.4, 0.5) is 0 Å². The van der Waals surface area contributed by atoms with Crippen LogP contribution >= 0.6 is 12.4 Å². The highest BCUT2D eigenvalue weighted by molar-refractivity contribution is 5.85. The Bertz CT molecular complexity index is 499. The molecule has 1 amide bonds. The van der Waals surface area contributed by atoms with E-state index < -0.39 is 0 Å². The number of nitrogens with one attached hydrogen (secondary N) is 1. The van der Waals surface area contributed by atoms with Gasteiger partial charge in [0, 0.05) is 24.3 Å². The van der Waals surface area contributed by atoms with Crippen LogP contribution in [-0.2, 0) is 16.6 Å². The van der Waals surface area contributed by atoms with E-state index in [0.29, 0.717) is 37.0 Å². The van der Waals surface area contributed by atoms with Crippen LogP contribution in [0.1, 0.15) is 64.6 Å².